The lowest BCUT2D eigenvalue weighted by molar-refractivity contribution is -0.128. The van der Waals surface area contributed by atoms with Crippen LogP contribution >= 0.6 is 0 Å². The first-order valence-electron chi connectivity index (χ1n) is 10.1. The first-order chi connectivity index (χ1) is 13.2. The van der Waals surface area contributed by atoms with Crippen molar-refractivity contribution < 1.29 is 4.79 Å². The van der Waals surface area contributed by atoms with Gasteiger partial charge in [0, 0.05) is 52.0 Å². The molecule has 5 nitrogen and oxygen atoms in total. The summed E-state index contributed by atoms with van der Waals surface area (Å²) in [6.07, 6.45) is 4.96. The molecule has 1 aromatic rings. The number of rotatable bonds is 9. The van der Waals surface area contributed by atoms with Gasteiger partial charge in [-0.05, 0) is 18.4 Å². The third-order valence-corrected chi connectivity index (χ3v) is 4.88. The van der Waals surface area contributed by atoms with Gasteiger partial charge in [0.1, 0.15) is 11.6 Å². The van der Waals surface area contributed by atoms with Crippen LogP contribution in [0.2, 0.25) is 0 Å². The largest absolute Gasteiger partial charge is 0.376 e. The van der Waals surface area contributed by atoms with Gasteiger partial charge in [-0.1, -0.05) is 50.6 Å². The smallest absolute Gasteiger partial charge is 0.266 e. The minimum atomic E-state index is -0.130. The highest BCUT2D eigenvalue weighted by atomic mass is 16.2. The van der Waals surface area contributed by atoms with Crippen molar-refractivity contribution in [2.24, 2.45) is 0 Å². The molecule has 0 unspecified atom stereocenters. The summed E-state index contributed by atoms with van der Waals surface area (Å²) in [5.41, 5.74) is 1.55. The van der Waals surface area contributed by atoms with E-state index in [-0.39, 0.29) is 11.5 Å². The minimum absolute atomic E-state index is 0.130. The molecule has 1 amide bonds. The first-order valence-corrected chi connectivity index (χ1v) is 10.1. The number of piperazine rings is 1. The third kappa shape index (κ3) is 6.73. The zero-order chi connectivity index (χ0) is 19.5. The van der Waals surface area contributed by atoms with E-state index in [9.17, 15) is 10.1 Å². The van der Waals surface area contributed by atoms with Crippen LogP contribution in [0, 0.1) is 11.3 Å². The minimum Gasteiger partial charge on any atom is -0.376 e. The van der Waals surface area contributed by atoms with Gasteiger partial charge < -0.3 is 9.80 Å². The van der Waals surface area contributed by atoms with Gasteiger partial charge >= 0.3 is 0 Å². The Labute approximate surface area is 163 Å². The molecule has 27 heavy (non-hydrogen) atoms. The van der Waals surface area contributed by atoms with Gasteiger partial charge in [-0.25, -0.2) is 0 Å². The fourth-order valence-corrected chi connectivity index (χ4v) is 3.32. The summed E-state index contributed by atoms with van der Waals surface area (Å²) in [4.78, 5) is 19.1. The van der Waals surface area contributed by atoms with Crippen LogP contribution in [0.5, 0.6) is 0 Å². The Morgan fingerprint density at radius 1 is 1.11 bits per heavy atom. The summed E-state index contributed by atoms with van der Waals surface area (Å²) in [6, 6.07) is 12.5. The first kappa shape index (κ1) is 21.0. The van der Waals surface area contributed by atoms with Gasteiger partial charge in [0.25, 0.3) is 5.91 Å². The molecule has 0 aliphatic carbocycles. The Morgan fingerprint density at radius 3 is 2.41 bits per heavy atom. The lowest BCUT2D eigenvalue weighted by Gasteiger charge is -2.34. The van der Waals surface area contributed by atoms with Gasteiger partial charge in [-0.15, -0.1) is 0 Å². The van der Waals surface area contributed by atoms with Crippen molar-refractivity contribution in [3.05, 3.63) is 47.7 Å². The van der Waals surface area contributed by atoms with Crippen molar-refractivity contribution in [3.63, 3.8) is 0 Å². The zero-order valence-corrected chi connectivity index (χ0v) is 16.7. The van der Waals surface area contributed by atoms with E-state index < -0.39 is 0 Å². The molecule has 5 heteroatoms. The van der Waals surface area contributed by atoms with E-state index in [4.69, 9.17) is 0 Å². The molecule has 0 saturated carbocycles. The molecule has 1 aromatic carbocycles. The van der Waals surface area contributed by atoms with Gasteiger partial charge in [0.15, 0.2) is 0 Å². The number of hydrogen-bond acceptors (Lipinski definition) is 4. The number of nitriles is 1. The van der Waals surface area contributed by atoms with Crippen LogP contribution in [0.4, 0.5) is 0 Å². The second-order valence-electron chi connectivity index (χ2n) is 7.10. The van der Waals surface area contributed by atoms with Crippen LogP contribution in [0.1, 0.15) is 38.7 Å². The van der Waals surface area contributed by atoms with Crippen molar-refractivity contribution in [1.29, 1.82) is 5.26 Å². The van der Waals surface area contributed by atoms with Crippen LogP contribution in [0.15, 0.2) is 42.1 Å². The summed E-state index contributed by atoms with van der Waals surface area (Å²) >= 11 is 0. The molecule has 2 rings (SSSR count). The average molecular weight is 369 g/mol. The lowest BCUT2D eigenvalue weighted by Crippen LogP contribution is -2.48. The normalized spacial score (nSPS) is 15.4. The molecule has 1 fully saturated rings. The van der Waals surface area contributed by atoms with Gasteiger partial charge in [-0.2, -0.15) is 5.26 Å². The maximum absolute atomic E-state index is 12.8. The Bertz CT molecular complexity index is 642. The number of benzene rings is 1. The van der Waals surface area contributed by atoms with Crippen molar-refractivity contribution in [3.8, 4) is 6.07 Å². The standard InChI is InChI=1S/C22H32N4O/c1-3-5-12-24(11-4-2)19-21(17-23)22(27)26-15-13-25(14-16-26)18-20-9-7-6-8-10-20/h6-10,19H,3-5,11-16,18H2,1-2H3/b21-19-. The van der Waals surface area contributed by atoms with Crippen LogP contribution in [-0.4, -0.2) is 59.9 Å². The van der Waals surface area contributed by atoms with Crippen LogP contribution in [-0.2, 0) is 11.3 Å². The quantitative estimate of drug-likeness (QED) is 0.496. The number of amides is 1. The Kier molecular flexibility index (Phi) is 8.86. The molecule has 0 radical (unpaired) electrons. The van der Waals surface area contributed by atoms with E-state index in [2.05, 4.69) is 54.0 Å². The van der Waals surface area contributed by atoms with E-state index in [1.165, 1.54) is 5.56 Å². The van der Waals surface area contributed by atoms with Crippen molar-refractivity contribution in [2.75, 3.05) is 39.3 Å². The molecule has 1 heterocycles. The maximum Gasteiger partial charge on any atom is 0.266 e. The van der Waals surface area contributed by atoms with Crippen molar-refractivity contribution >= 4 is 5.91 Å². The highest BCUT2D eigenvalue weighted by molar-refractivity contribution is 5.97. The Balaban J connectivity index is 1.92. The molecule has 0 bridgehead atoms. The summed E-state index contributed by atoms with van der Waals surface area (Å²) in [6.45, 7) is 9.98. The van der Waals surface area contributed by atoms with Crippen LogP contribution < -0.4 is 0 Å². The van der Waals surface area contributed by atoms with Crippen LogP contribution in [0.3, 0.4) is 0 Å². The number of carbonyl (C=O) groups is 1. The van der Waals surface area contributed by atoms with Gasteiger partial charge in [-0.3, -0.25) is 9.69 Å². The molecule has 0 aromatic heterocycles. The fraction of sp³-hybridized carbons (Fsp3) is 0.545. The van der Waals surface area contributed by atoms with Crippen LogP contribution in [0.25, 0.3) is 0 Å². The predicted molar refractivity (Wildman–Crippen MR) is 109 cm³/mol. The second-order valence-corrected chi connectivity index (χ2v) is 7.10. The molecular weight excluding hydrogens is 336 g/mol. The lowest BCUT2D eigenvalue weighted by atomic mass is 10.2. The van der Waals surface area contributed by atoms with Gasteiger partial charge in [0.2, 0.25) is 0 Å². The third-order valence-electron chi connectivity index (χ3n) is 4.88. The molecular formula is C22H32N4O. The Hall–Kier alpha value is -2.32. The summed E-state index contributed by atoms with van der Waals surface area (Å²) in [5, 5.41) is 9.51. The van der Waals surface area contributed by atoms with E-state index >= 15 is 0 Å². The summed E-state index contributed by atoms with van der Waals surface area (Å²) < 4.78 is 0. The highest BCUT2D eigenvalue weighted by Crippen LogP contribution is 2.12. The summed E-state index contributed by atoms with van der Waals surface area (Å²) in [5.74, 6) is -0.130. The SMILES string of the molecule is CCCCN(/C=C(/C#N)C(=O)N1CCN(Cc2ccccc2)CC1)CCC. The van der Waals surface area contributed by atoms with E-state index in [0.29, 0.717) is 13.1 Å². The number of nitrogens with zero attached hydrogens (tertiary/aromatic N) is 4. The topological polar surface area (TPSA) is 50.6 Å². The summed E-state index contributed by atoms with van der Waals surface area (Å²) in [7, 11) is 0. The monoisotopic (exact) mass is 368 g/mol. The van der Waals surface area contributed by atoms with Crippen molar-refractivity contribution in [2.45, 2.75) is 39.7 Å². The molecule has 0 atom stereocenters. The molecule has 1 aliphatic rings. The fourth-order valence-electron chi connectivity index (χ4n) is 3.32. The molecule has 146 valence electrons. The van der Waals surface area contributed by atoms with E-state index in [1.54, 1.807) is 6.20 Å². The zero-order valence-electron chi connectivity index (χ0n) is 16.7. The maximum atomic E-state index is 12.8. The number of unbranched alkanes of at least 4 members (excludes halogenated alkanes) is 1. The van der Waals surface area contributed by atoms with Crippen molar-refractivity contribution in [1.82, 2.24) is 14.7 Å². The van der Waals surface area contributed by atoms with E-state index in [1.807, 2.05) is 11.0 Å². The number of carbonyl (C=O) groups excluding carboxylic acids is 1. The highest BCUT2D eigenvalue weighted by Gasteiger charge is 2.24. The average Bonchev–Trinajstić information content (AvgIpc) is 2.71. The molecule has 0 N–H and O–H groups in total. The van der Waals surface area contributed by atoms with Gasteiger partial charge in [0.05, 0.1) is 0 Å². The molecule has 1 aliphatic heterocycles. The molecule has 0 spiro atoms. The molecule has 1 saturated heterocycles. The second kappa shape index (κ2) is 11.4. The Morgan fingerprint density at radius 2 is 1.81 bits per heavy atom. The predicted octanol–water partition coefficient (Wildman–Crippen LogP) is 3.25. The number of hydrogen-bond donors (Lipinski definition) is 0. The van der Waals surface area contributed by atoms with E-state index in [0.717, 1.165) is 52.0 Å².